The molecule has 0 saturated heterocycles. The maximum atomic E-state index is 5.53. The Bertz CT molecular complexity index is 74.9. The van der Waals surface area contributed by atoms with E-state index in [4.69, 9.17) is 10.5 Å². The predicted octanol–water partition coefficient (Wildman–Crippen LogP) is 0.370. The first-order chi connectivity index (χ1) is 3.84. The fraction of sp³-hybridized carbons (Fsp3) is 1.00. The van der Waals surface area contributed by atoms with E-state index in [-0.39, 0.29) is 0 Å². The molecule has 0 bridgehead atoms. The highest BCUT2D eigenvalue weighted by Gasteiger charge is 2.32. The van der Waals surface area contributed by atoms with Crippen molar-refractivity contribution in [3.63, 3.8) is 0 Å². The standard InChI is InChI=1S/C6H13NO/c1-2-8-4-5-3-6(5)7/h5-6H,2-4,7H2,1H3/t5-,6+/m1/s1. The van der Waals surface area contributed by atoms with Gasteiger partial charge in [-0.1, -0.05) is 0 Å². The molecule has 0 spiro atoms. The molecule has 0 aliphatic heterocycles. The van der Waals surface area contributed by atoms with E-state index in [1.165, 1.54) is 6.42 Å². The molecule has 0 aromatic rings. The van der Waals surface area contributed by atoms with Gasteiger partial charge in [-0.3, -0.25) is 0 Å². The molecule has 8 heavy (non-hydrogen) atoms. The molecule has 2 N–H and O–H groups in total. The highest BCUT2D eigenvalue weighted by molar-refractivity contribution is 4.89. The molecular formula is C6H13NO. The average molecular weight is 115 g/mol. The summed E-state index contributed by atoms with van der Waals surface area (Å²) in [6.45, 7) is 3.70. The fourth-order valence-electron chi connectivity index (χ4n) is 0.732. The van der Waals surface area contributed by atoms with Crippen LogP contribution in [0.1, 0.15) is 13.3 Å². The average Bonchev–Trinajstić information content (AvgIpc) is 2.42. The summed E-state index contributed by atoms with van der Waals surface area (Å²) in [7, 11) is 0. The third kappa shape index (κ3) is 1.46. The van der Waals surface area contributed by atoms with E-state index in [9.17, 15) is 0 Å². The van der Waals surface area contributed by atoms with Crippen LogP contribution in [0, 0.1) is 5.92 Å². The van der Waals surface area contributed by atoms with Gasteiger partial charge >= 0.3 is 0 Å². The van der Waals surface area contributed by atoms with E-state index in [0.717, 1.165) is 13.2 Å². The second-order valence-electron chi connectivity index (χ2n) is 2.32. The molecule has 2 nitrogen and oxygen atoms in total. The lowest BCUT2D eigenvalue weighted by molar-refractivity contribution is 0.136. The van der Waals surface area contributed by atoms with E-state index in [1.807, 2.05) is 6.92 Å². The summed E-state index contributed by atoms with van der Waals surface area (Å²) in [5.41, 5.74) is 5.53. The van der Waals surface area contributed by atoms with Crippen molar-refractivity contribution in [2.45, 2.75) is 19.4 Å². The topological polar surface area (TPSA) is 35.2 Å². The van der Waals surface area contributed by atoms with Crippen molar-refractivity contribution < 1.29 is 4.74 Å². The molecule has 1 rings (SSSR count). The van der Waals surface area contributed by atoms with Gasteiger partial charge in [-0.25, -0.2) is 0 Å². The summed E-state index contributed by atoms with van der Waals surface area (Å²) < 4.78 is 5.15. The molecule has 0 aromatic heterocycles. The molecular weight excluding hydrogens is 102 g/mol. The first kappa shape index (κ1) is 6.05. The van der Waals surface area contributed by atoms with Crippen LogP contribution < -0.4 is 5.73 Å². The summed E-state index contributed by atoms with van der Waals surface area (Å²) in [6, 6.07) is 0.446. The second-order valence-corrected chi connectivity index (χ2v) is 2.32. The van der Waals surface area contributed by atoms with Gasteiger partial charge in [0.15, 0.2) is 0 Å². The van der Waals surface area contributed by atoms with Crippen LogP contribution in [0.3, 0.4) is 0 Å². The maximum absolute atomic E-state index is 5.53. The number of hydrogen-bond donors (Lipinski definition) is 1. The first-order valence-electron chi connectivity index (χ1n) is 3.18. The molecule has 0 heterocycles. The SMILES string of the molecule is CCOC[C@H]1C[C@@H]1N. The van der Waals surface area contributed by atoms with Gasteiger partial charge in [0.2, 0.25) is 0 Å². The van der Waals surface area contributed by atoms with E-state index < -0.39 is 0 Å². The highest BCUT2D eigenvalue weighted by atomic mass is 16.5. The molecule has 1 aliphatic rings. The predicted molar refractivity (Wildman–Crippen MR) is 32.6 cm³/mol. The Morgan fingerprint density at radius 2 is 2.38 bits per heavy atom. The Morgan fingerprint density at radius 1 is 1.75 bits per heavy atom. The third-order valence-corrected chi connectivity index (χ3v) is 1.51. The number of hydrogen-bond acceptors (Lipinski definition) is 2. The van der Waals surface area contributed by atoms with Crippen molar-refractivity contribution in [2.24, 2.45) is 11.7 Å². The van der Waals surface area contributed by atoms with Gasteiger partial charge in [0, 0.05) is 12.6 Å². The van der Waals surface area contributed by atoms with E-state index in [2.05, 4.69) is 0 Å². The van der Waals surface area contributed by atoms with E-state index >= 15 is 0 Å². The molecule has 1 saturated carbocycles. The Morgan fingerprint density at radius 3 is 2.75 bits per heavy atom. The third-order valence-electron chi connectivity index (χ3n) is 1.51. The second kappa shape index (κ2) is 2.46. The minimum atomic E-state index is 0.446. The number of rotatable bonds is 3. The van der Waals surface area contributed by atoms with Crippen LogP contribution in [0.5, 0.6) is 0 Å². The first-order valence-corrected chi connectivity index (χ1v) is 3.18. The Labute approximate surface area is 50.0 Å². The minimum absolute atomic E-state index is 0.446. The zero-order valence-corrected chi connectivity index (χ0v) is 5.26. The van der Waals surface area contributed by atoms with Crippen LogP contribution in [0.4, 0.5) is 0 Å². The van der Waals surface area contributed by atoms with Crippen LogP contribution in [-0.4, -0.2) is 19.3 Å². The molecule has 0 radical (unpaired) electrons. The fourth-order valence-corrected chi connectivity index (χ4v) is 0.732. The molecule has 2 atom stereocenters. The quantitative estimate of drug-likeness (QED) is 0.576. The maximum Gasteiger partial charge on any atom is 0.0509 e. The van der Waals surface area contributed by atoms with E-state index in [0.29, 0.717) is 12.0 Å². The van der Waals surface area contributed by atoms with Crippen molar-refractivity contribution >= 4 is 0 Å². The van der Waals surface area contributed by atoms with Gasteiger partial charge < -0.3 is 10.5 Å². The van der Waals surface area contributed by atoms with Crippen LogP contribution >= 0.6 is 0 Å². The molecule has 0 unspecified atom stereocenters. The summed E-state index contributed by atoms with van der Waals surface area (Å²) in [4.78, 5) is 0. The van der Waals surface area contributed by atoms with Crippen molar-refractivity contribution in [2.75, 3.05) is 13.2 Å². The Hall–Kier alpha value is -0.0800. The zero-order chi connectivity index (χ0) is 5.98. The van der Waals surface area contributed by atoms with Crippen molar-refractivity contribution in [1.29, 1.82) is 0 Å². The monoisotopic (exact) mass is 115 g/mol. The lowest BCUT2D eigenvalue weighted by atomic mass is 10.4. The van der Waals surface area contributed by atoms with Crippen molar-refractivity contribution in [3.8, 4) is 0 Å². The van der Waals surface area contributed by atoms with Crippen LogP contribution in [0.15, 0.2) is 0 Å². The summed E-state index contributed by atoms with van der Waals surface area (Å²) in [5.74, 6) is 0.676. The van der Waals surface area contributed by atoms with E-state index in [1.54, 1.807) is 0 Å². The molecule has 2 heteroatoms. The van der Waals surface area contributed by atoms with Gasteiger partial charge in [0.25, 0.3) is 0 Å². The Kier molecular flexibility index (Phi) is 1.86. The van der Waals surface area contributed by atoms with Crippen LogP contribution in [0.25, 0.3) is 0 Å². The normalized spacial score (nSPS) is 35.2. The highest BCUT2D eigenvalue weighted by Crippen LogP contribution is 2.27. The molecule has 0 amide bonds. The minimum Gasteiger partial charge on any atom is -0.381 e. The lowest BCUT2D eigenvalue weighted by Crippen LogP contribution is -2.06. The van der Waals surface area contributed by atoms with Gasteiger partial charge in [0.05, 0.1) is 6.61 Å². The van der Waals surface area contributed by atoms with Crippen molar-refractivity contribution in [3.05, 3.63) is 0 Å². The van der Waals surface area contributed by atoms with Crippen molar-refractivity contribution in [1.82, 2.24) is 0 Å². The number of nitrogens with two attached hydrogens (primary N) is 1. The van der Waals surface area contributed by atoms with Gasteiger partial charge in [-0.15, -0.1) is 0 Å². The number of ether oxygens (including phenoxy) is 1. The smallest absolute Gasteiger partial charge is 0.0509 e. The molecule has 1 aliphatic carbocycles. The molecule has 0 aromatic carbocycles. The summed E-state index contributed by atoms with van der Waals surface area (Å²) in [5, 5.41) is 0. The van der Waals surface area contributed by atoms with Crippen LogP contribution in [0.2, 0.25) is 0 Å². The Balaban J connectivity index is 1.89. The summed E-state index contributed by atoms with van der Waals surface area (Å²) >= 11 is 0. The molecule has 1 fully saturated rings. The zero-order valence-electron chi connectivity index (χ0n) is 5.26. The van der Waals surface area contributed by atoms with Gasteiger partial charge in [0.1, 0.15) is 0 Å². The largest absolute Gasteiger partial charge is 0.381 e. The van der Waals surface area contributed by atoms with Gasteiger partial charge in [-0.2, -0.15) is 0 Å². The van der Waals surface area contributed by atoms with Gasteiger partial charge in [-0.05, 0) is 19.3 Å². The lowest BCUT2D eigenvalue weighted by Gasteiger charge is -1.95. The van der Waals surface area contributed by atoms with Crippen LogP contribution in [-0.2, 0) is 4.74 Å². The molecule has 48 valence electrons. The summed E-state index contributed by atoms with van der Waals surface area (Å²) in [6.07, 6.45) is 1.17.